The van der Waals surface area contributed by atoms with E-state index in [-0.39, 0.29) is 0 Å². The first-order valence-electron chi connectivity index (χ1n) is 8.41. The van der Waals surface area contributed by atoms with Crippen LogP contribution in [0.15, 0.2) is 85.6 Å². The SMILES string of the molecule is c1ccc(COc2ccc(Cn3cc(-c4cccnc4)cn3)cn2)cc1. The summed E-state index contributed by atoms with van der Waals surface area (Å²) >= 11 is 0. The fraction of sp³-hybridized carbons (Fsp3) is 0.0952. The molecular formula is C21H18N4O. The van der Waals surface area contributed by atoms with Crippen molar-refractivity contribution in [2.24, 2.45) is 0 Å². The van der Waals surface area contributed by atoms with Crippen LogP contribution in [0.25, 0.3) is 11.1 Å². The van der Waals surface area contributed by atoms with Crippen LogP contribution in [-0.4, -0.2) is 19.7 Å². The number of pyridine rings is 2. The van der Waals surface area contributed by atoms with E-state index in [4.69, 9.17) is 4.74 Å². The monoisotopic (exact) mass is 342 g/mol. The zero-order chi connectivity index (χ0) is 17.6. The maximum absolute atomic E-state index is 5.72. The average Bonchev–Trinajstić information content (AvgIpc) is 3.17. The highest BCUT2D eigenvalue weighted by Gasteiger charge is 2.04. The third kappa shape index (κ3) is 3.95. The van der Waals surface area contributed by atoms with Gasteiger partial charge in [-0.25, -0.2) is 4.98 Å². The summed E-state index contributed by atoms with van der Waals surface area (Å²) in [5.41, 5.74) is 4.30. The molecule has 4 aromatic rings. The van der Waals surface area contributed by atoms with E-state index in [1.54, 1.807) is 6.20 Å². The Morgan fingerprint density at radius 2 is 1.73 bits per heavy atom. The molecule has 0 saturated carbocycles. The van der Waals surface area contributed by atoms with Crippen molar-refractivity contribution in [1.29, 1.82) is 0 Å². The predicted molar refractivity (Wildman–Crippen MR) is 99.6 cm³/mol. The van der Waals surface area contributed by atoms with Gasteiger partial charge in [-0.2, -0.15) is 5.10 Å². The van der Waals surface area contributed by atoms with E-state index in [0.717, 1.165) is 22.3 Å². The second-order valence-corrected chi connectivity index (χ2v) is 5.95. The lowest BCUT2D eigenvalue weighted by Crippen LogP contribution is -2.01. The van der Waals surface area contributed by atoms with Gasteiger partial charge in [0.1, 0.15) is 6.61 Å². The Kier molecular flexibility index (Phi) is 4.69. The lowest BCUT2D eigenvalue weighted by atomic mass is 10.2. The molecule has 0 amide bonds. The first-order valence-corrected chi connectivity index (χ1v) is 8.41. The summed E-state index contributed by atoms with van der Waals surface area (Å²) in [6, 6.07) is 17.9. The van der Waals surface area contributed by atoms with Crippen LogP contribution in [0.4, 0.5) is 0 Å². The Bertz CT molecular complexity index is 950. The molecular weight excluding hydrogens is 324 g/mol. The summed E-state index contributed by atoms with van der Waals surface area (Å²) in [7, 11) is 0. The molecule has 0 N–H and O–H groups in total. The zero-order valence-corrected chi connectivity index (χ0v) is 14.2. The zero-order valence-electron chi connectivity index (χ0n) is 14.2. The van der Waals surface area contributed by atoms with Gasteiger partial charge in [-0.15, -0.1) is 0 Å². The van der Waals surface area contributed by atoms with Gasteiger partial charge in [0.2, 0.25) is 5.88 Å². The first kappa shape index (κ1) is 16.0. The highest BCUT2D eigenvalue weighted by Crippen LogP contribution is 2.17. The van der Waals surface area contributed by atoms with E-state index >= 15 is 0 Å². The van der Waals surface area contributed by atoms with Crippen LogP contribution < -0.4 is 4.74 Å². The Balaban J connectivity index is 1.38. The minimum absolute atomic E-state index is 0.515. The molecule has 26 heavy (non-hydrogen) atoms. The Hall–Kier alpha value is -3.47. The summed E-state index contributed by atoms with van der Waals surface area (Å²) in [6.45, 7) is 1.17. The third-order valence-electron chi connectivity index (χ3n) is 4.00. The predicted octanol–water partition coefficient (Wildman–Crippen LogP) is 3.97. The smallest absolute Gasteiger partial charge is 0.213 e. The number of benzene rings is 1. The van der Waals surface area contributed by atoms with Crippen LogP contribution in [0.2, 0.25) is 0 Å². The molecule has 0 aliphatic rings. The minimum Gasteiger partial charge on any atom is -0.473 e. The highest BCUT2D eigenvalue weighted by molar-refractivity contribution is 5.60. The van der Waals surface area contributed by atoms with Gasteiger partial charge in [0, 0.05) is 42.0 Å². The summed E-state index contributed by atoms with van der Waals surface area (Å²) in [4.78, 5) is 8.52. The number of aromatic nitrogens is 4. The number of ether oxygens (including phenoxy) is 1. The summed E-state index contributed by atoms with van der Waals surface area (Å²) in [5, 5.41) is 4.42. The Morgan fingerprint density at radius 1 is 0.808 bits per heavy atom. The van der Waals surface area contributed by atoms with Gasteiger partial charge in [0.15, 0.2) is 0 Å². The van der Waals surface area contributed by atoms with Crippen LogP contribution in [0.3, 0.4) is 0 Å². The van der Waals surface area contributed by atoms with E-state index in [1.807, 2.05) is 84.1 Å². The highest BCUT2D eigenvalue weighted by atomic mass is 16.5. The maximum Gasteiger partial charge on any atom is 0.213 e. The standard InChI is InChI=1S/C21H18N4O/c1-2-5-17(6-3-1)16-26-21-9-8-18(11-23-21)14-25-15-20(13-24-25)19-7-4-10-22-12-19/h1-13,15H,14,16H2. The van der Waals surface area contributed by atoms with Crippen LogP contribution in [0, 0.1) is 0 Å². The third-order valence-corrected chi connectivity index (χ3v) is 4.00. The van der Waals surface area contributed by atoms with Gasteiger partial charge in [-0.1, -0.05) is 42.5 Å². The number of hydrogen-bond donors (Lipinski definition) is 0. The quantitative estimate of drug-likeness (QED) is 0.532. The summed E-state index contributed by atoms with van der Waals surface area (Å²) in [5.74, 6) is 0.620. The molecule has 0 bridgehead atoms. The molecule has 0 aliphatic heterocycles. The van der Waals surface area contributed by atoms with Crippen molar-refractivity contribution in [1.82, 2.24) is 19.7 Å². The molecule has 0 atom stereocenters. The van der Waals surface area contributed by atoms with Crippen molar-refractivity contribution in [2.45, 2.75) is 13.2 Å². The Morgan fingerprint density at radius 3 is 2.50 bits per heavy atom. The van der Waals surface area contributed by atoms with Gasteiger partial charge in [0.25, 0.3) is 0 Å². The number of nitrogens with zero attached hydrogens (tertiary/aromatic N) is 4. The molecule has 0 aliphatic carbocycles. The topological polar surface area (TPSA) is 52.8 Å². The van der Waals surface area contributed by atoms with Crippen LogP contribution in [-0.2, 0) is 13.2 Å². The maximum atomic E-state index is 5.72. The average molecular weight is 342 g/mol. The van der Waals surface area contributed by atoms with Gasteiger partial charge in [-0.05, 0) is 17.2 Å². The molecule has 3 aromatic heterocycles. The van der Waals surface area contributed by atoms with Crippen LogP contribution >= 0.6 is 0 Å². The van der Waals surface area contributed by atoms with E-state index < -0.39 is 0 Å². The number of hydrogen-bond acceptors (Lipinski definition) is 4. The van der Waals surface area contributed by atoms with Gasteiger partial charge in [0.05, 0.1) is 12.7 Å². The summed E-state index contributed by atoms with van der Waals surface area (Å²) < 4.78 is 7.61. The summed E-state index contributed by atoms with van der Waals surface area (Å²) in [6.07, 6.45) is 9.28. The molecule has 128 valence electrons. The molecule has 0 spiro atoms. The van der Waals surface area contributed by atoms with Gasteiger partial charge >= 0.3 is 0 Å². The Labute approximate surface area is 151 Å². The normalized spacial score (nSPS) is 10.6. The molecule has 1 aromatic carbocycles. The van der Waals surface area contributed by atoms with Crippen molar-refractivity contribution in [2.75, 3.05) is 0 Å². The molecule has 5 heteroatoms. The fourth-order valence-electron chi connectivity index (χ4n) is 2.64. The van der Waals surface area contributed by atoms with Crippen molar-refractivity contribution >= 4 is 0 Å². The van der Waals surface area contributed by atoms with E-state index in [9.17, 15) is 0 Å². The van der Waals surface area contributed by atoms with E-state index in [0.29, 0.717) is 19.0 Å². The number of rotatable bonds is 6. The van der Waals surface area contributed by atoms with Gasteiger partial charge < -0.3 is 4.74 Å². The first-order chi connectivity index (χ1) is 12.9. The van der Waals surface area contributed by atoms with Crippen LogP contribution in [0.5, 0.6) is 5.88 Å². The van der Waals surface area contributed by atoms with E-state index in [1.165, 1.54) is 0 Å². The molecule has 5 nitrogen and oxygen atoms in total. The minimum atomic E-state index is 0.515. The lowest BCUT2D eigenvalue weighted by Gasteiger charge is -2.06. The molecule has 3 heterocycles. The van der Waals surface area contributed by atoms with Crippen LogP contribution in [0.1, 0.15) is 11.1 Å². The molecule has 0 radical (unpaired) electrons. The van der Waals surface area contributed by atoms with Crippen molar-refractivity contribution in [3.05, 3.63) is 96.7 Å². The molecule has 0 fully saturated rings. The molecule has 4 rings (SSSR count). The second-order valence-electron chi connectivity index (χ2n) is 5.95. The van der Waals surface area contributed by atoms with Crippen molar-refractivity contribution < 1.29 is 4.74 Å². The second kappa shape index (κ2) is 7.61. The molecule has 0 unspecified atom stereocenters. The lowest BCUT2D eigenvalue weighted by molar-refractivity contribution is 0.293. The molecule has 0 saturated heterocycles. The van der Waals surface area contributed by atoms with Crippen molar-refractivity contribution in [3.8, 4) is 17.0 Å². The largest absolute Gasteiger partial charge is 0.473 e. The van der Waals surface area contributed by atoms with Crippen molar-refractivity contribution in [3.63, 3.8) is 0 Å². The fourth-order valence-corrected chi connectivity index (χ4v) is 2.64. The van der Waals surface area contributed by atoms with Gasteiger partial charge in [-0.3, -0.25) is 9.67 Å². The van der Waals surface area contributed by atoms with E-state index in [2.05, 4.69) is 15.1 Å².